The van der Waals surface area contributed by atoms with Gasteiger partial charge in [0, 0.05) is 35.2 Å². The second-order valence-corrected chi connectivity index (χ2v) is 6.59. The molecule has 3 aromatic rings. The molecule has 4 nitrogen and oxygen atoms in total. The number of aromatic nitrogens is 1. The number of aromatic amines is 1. The lowest BCUT2D eigenvalue weighted by Crippen LogP contribution is -2.37. The third kappa shape index (κ3) is 3.23. The number of para-hydroxylation sites is 2. The molecular weight excluding hydrogens is 324 g/mol. The Morgan fingerprint density at radius 3 is 2.65 bits per heavy atom. The Labute approximate surface area is 153 Å². The SMILES string of the molecule is Cc1[nH]c2ccccc2c1C1=CCN(C(=O)COc2ccccc2)CC1. The molecule has 1 aliphatic heterocycles. The molecule has 2 heterocycles. The van der Waals surface area contributed by atoms with Gasteiger partial charge in [0.1, 0.15) is 5.75 Å². The summed E-state index contributed by atoms with van der Waals surface area (Å²) in [6.07, 6.45) is 3.03. The highest BCUT2D eigenvalue weighted by molar-refractivity contribution is 5.94. The van der Waals surface area contributed by atoms with E-state index in [0.29, 0.717) is 6.54 Å². The lowest BCUT2D eigenvalue weighted by atomic mass is 9.96. The van der Waals surface area contributed by atoms with E-state index in [1.165, 1.54) is 22.2 Å². The van der Waals surface area contributed by atoms with Gasteiger partial charge in [0.15, 0.2) is 6.61 Å². The fourth-order valence-corrected chi connectivity index (χ4v) is 3.57. The van der Waals surface area contributed by atoms with Crippen LogP contribution in [0.4, 0.5) is 0 Å². The molecule has 1 N–H and O–H groups in total. The molecule has 4 heteroatoms. The van der Waals surface area contributed by atoms with Gasteiger partial charge in [-0.2, -0.15) is 0 Å². The molecular formula is C22H22N2O2. The van der Waals surface area contributed by atoms with Crippen LogP contribution in [0.15, 0.2) is 60.7 Å². The quantitative estimate of drug-likeness (QED) is 0.770. The highest BCUT2D eigenvalue weighted by atomic mass is 16.5. The summed E-state index contributed by atoms with van der Waals surface area (Å²) in [4.78, 5) is 17.7. The summed E-state index contributed by atoms with van der Waals surface area (Å²) in [7, 11) is 0. The van der Waals surface area contributed by atoms with Crippen molar-refractivity contribution in [1.82, 2.24) is 9.88 Å². The first-order valence-corrected chi connectivity index (χ1v) is 8.95. The number of hydrogen-bond acceptors (Lipinski definition) is 2. The van der Waals surface area contributed by atoms with Gasteiger partial charge < -0.3 is 14.6 Å². The van der Waals surface area contributed by atoms with Crippen molar-refractivity contribution in [1.29, 1.82) is 0 Å². The number of benzene rings is 2. The lowest BCUT2D eigenvalue weighted by molar-refractivity contribution is -0.132. The van der Waals surface area contributed by atoms with Crippen molar-refractivity contribution >= 4 is 22.4 Å². The molecule has 4 rings (SSSR count). The van der Waals surface area contributed by atoms with Gasteiger partial charge in [-0.3, -0.25) is 4.79 Å². The average molecular weight is 346 g/mol. The van der Waals surface area contributed by atoms with Gasteiger partial charge in [0.25, 0.3) is 5.91 Å². The molecule has 0 atom stereocenters. The van der Waals surface area contributed by atoms with Gasteiger partial charge in [-0.15, -0.1) is 0 Å². The summed E-state index contributed by atoms with van der Waals surface area (Å²) in [5.74, 6) is 0.753. The monoisotopic (exact) mass is 346 g/mol. The summed E-state index contributed by atoms with van der Waals surface area (Å²) in [5.41, 5.74) is 4.95. The Morgan fingerprint density at radius 2 is 1.88 bits per heavy atom. The third-order valence-electron chi connectivity index (χ3n) is 4.88. The first-order valence-electron chi connectivity index (χ1n) is 8.95. The lowest BCUT2D eigenvalue weighted by Gasteiger charge is -2.26. The van der Waals surface area contributed by atoms with Crippen LogP contribution >= 0.6 is 0 Å². The smallest absolute Gasteiger partial charge is 0.260 e. The molecule has 0 unspecified atom stereocenters. The fourth-order valence-electron chi connectivity index (χ4n) is 3.57. The van der Waals surface area contributed by atoms with Crippen LogP contribution < -0.4 is 4.74 Å². The zero-order valence-electron chi connectivity index (χ0n) is 14.9. The Balaban J connectivity index is 1.44. The second-order valence-electron chi connectivity index (χ2n) is 6.59. The minimum atomic E-state index is 0.0276. The zero-order valence-corrected chi connectivity index (χ0v) is 14.9. The number of ether oxygens (including phenoxy) is 1. The van der Waals surface area contributed by atoms with Crippen molar-refractivity contribution in [2.24, 2.45) is 0 Å². The van der Waals surface area contributed by atoms with E-state index < -0.39 is 0 Å². The normalized spacial score (nSPS) is 14.3. The standard InChI is InChI=1S/C22H22N2O2/c1-16-22(19-9-5-6-10-20(19)23-16)17-11-13-24(14-12-17)21(25)15-26-18-7-3-2-4-8-18/h2-11,23H,12-15H2,1H3. The Bertz CT molecular complexity index is 957. The van der Waals surface area contributed by atoms with E-state index in [2.05, 4.69) is 36.2 Å². The first-order chi connectivity index (χ1) is 12.7. The molecule has 132 valence electrons. The van der Waals surface area contributed by atoms with Crippen LogP contribution in [0.5, 0.6) is 5.75 Å². The highest BCUT2D eigenvalue weighted by Crippen LogP contribution is 2.32. The number of H-pyrrole nitrogens is 1. The van der Waals surface area contributed by atoms with Crippen LogP contribution in [0.3, 0.4) is 0 Å². The van der Waals surface area contributed by atoms with E-state index in [9.17, 15) is 4.79 Å². The largest absolute Gasteiger partial charge is 0.484 e. The van der Waals surface area contributed by atoms with E-state index in [1.807, 2.05) is 41.3 Å². The Morgan fingerprint density at radius 1 is 1.12 bits per heavy atom. The van der Waals surface area contributed by atoms with Gasteiger partial charge in [0.2, 0.25) is 0 Å². The predicted octanol–water partition coefficient (Wildman–Crippen LogP) is 4.17. The van der Waals surface area contributed by atoms with Crippen molar-refractivity contribution in [3.05, 3.63) is 71.9 Å². The average Bonchev–Trinajstić information content (AvgIpc) is 3.03. The van der Waals surface area contributed by atoms with E-state index in [1.54, 1.807) is 0 Å². The molecule has 0 spiro atoms. The van der Waals surface area contributed by atoms with Gasteiger partial charge in [-0.1, -0.05) is 42.5 Å². The van der Waals surface area contributed by atoms with Crippen LogP contribution in [0, 0.1) is 6.92 Å². The van der Waals surface area contributed by atoms with Crippen molar-refractivity contribution in [3.63, 3.8) is 0 Å². The maximum atomic E-state index is 12.4. The predicted molar refractivity (Wildman–Crippen MR) is 104 cm³/mol. The van der Waals surface area contributed by atoms with Crippen LogP contribution in [0.25, 0.3) is 16.5 Å². The number of rotatable bonds is 4. The summed E-state index contributed by atoms with van der Waals surface area (Å²) in [5, 5.41) is 1.25. The van der Waals surface area contributed by atoms with E-state index >= 15 is 0 Å². The van der Waals surface area contributed by atoms with Crippen molar-refractivity contribution in [3.8, 4) is 5.75 Å². The fraction of sp³-hybridized carbons (Fsp3) is 0.227. The number of nitrogens with one attached hydrogen (secondary N) is 1. The van der Waals surface area contributed by atoms with E-state index in [0.717, 1.165) is 24.2 Å². The maximum absolute atomic E-state index is 12.4. The van der Waals surface area contributed by atoms with Crippen LogP contribution in [-0.2, 0) is 4.79 Å². The van der Waals surface area contributed by atoms with Crippen molar-refractivity contribution < 1.29 is 9.53 Å². The molecule has 1 aliphatic rings. The molecule has 0 saturated carbocycles. The van der Waals surface area contributed by atoms with Crippen LogP contribution in [-0.4, -0.2) is 35.5 Å². The summed E-state index contributed by atoms with van der Waals surface area (Å²) >= 11 is 0. The number of hydrogen-bond donors (Lipinski definition) is 1. The minimum Gasteiger partial charge on any atom is -0.484 e. The van der Waals surface area contributed by atoms with E-state index in [4.69, 9.17) is 4.74 Å². The van der Waals surface area contributed by atoms with Gasteiger partial charge in [0.05, 0.1) is 0 Å². The topological polar surface area (TPSA) is 45.3 Å². The summed E-state index contributed by atoms with van der Waals surface area (Å²) in [6, 6.07) is 17.8. The summed E-state index contributed by atoms with van der Waals surface area (Å²) < 4.78 is 5.58. The number of nitrogens with zero attached hydrogens (tertiary/aromatic N) is 1. The minimum absolute atomic E-state index is 0.0276. The molecule has 0 radical (unpaired) electrons. The molecule has 0 bridgehead atoms. The number of fused-ring (bicyclic) bond motifs is 1. The van der Waals surface area contributed by atoms with E-state index in [-0.39, 0.29) is 12.5 Å². The first kappa shape index (κ1) is 16.5. The summed E-state index contributed by atoms with van der Waals surface area (Å²) in [6.45, 7) is 3.55. The van der Waals surface area contributed by atoms with Gasteiger partial charge >= 0.3 is 0 Å². The number of carbonyl (C=O) groups is 1. The highest BCUT2D eigenvalue weighted by Gasteiger charge is 2.21. The molecule has 1 amide bonds. The molecule has 26 heavy (non-hydrogen) atoms. The van der Waals surface area contributed by atoms with Gasteiger partial charge in [-0.25, -0.2) is 0 Å². The van der Waals surface area contributed by atoms with Crippen LogP contribution in [0.1, 0.15) is 17.7 Å². The zero-order chi connectivity index (χ0) is 17.9. The van der Waals surface area contributed by atoms with Crippen LogP contribution in [0.2, 0.25) is 0 Å². The third-order valence-corrected chi connectivity index (χ3v) is 4.88. The van der Waals surface area contributed by atoms with Crippen molar-refractivity contribution in [2.75, 3.05) is 19.7 Å². The maximum Gasteiger partial charge on any atom is 0.260 e. The molecule has 0 saturated heterocycles. The number of amides is 1. The number of aryl methyl sites for hydroxylation is 1. The molecule has 2 aromatic carbocycles. The molecule has 1 aromatic heterocycles. The van der Waals surface area contributed by atoms with Crippen molar-refractivity contribution in [2.45, 2.75) is 13.3 Å². The Hall–Kier alpha value is -3.01. The second kappa shape index (κ2) is 7.08. The molecule has 0 fully saturated rings. The van der Waals surface area contributed by atoms with Gasteiger partial charge in [-0.05, 0) is 37.1 Å². The molecule has 0 aliphatic carbocycles. The Kier molecular flexibility index (Phi) is 4.48. The number of carbonyl (C=O) groups excluding carboxylic acids is 1.